The van der Waals surface area contributed by atoms with Crippen molar-refractivity contribution in [2.24, 2.45) is 5.92 Å². The van der Waals surface area contributed by atoms with Crippen molar-refractivity contribution in [3.63, 3.8) is 0 Å². The molecule has 262 valence electrons. The quantitative estimate of drug-likeness (QED) is 0.0576. The summed E-state index contributed by atoms with van der Waals surface area (Å²) in [5.74, 6) is 3.38. The molecule has 7 nitrogen and oxygen atoms in total. The van der Waals surface area contributed by atoms with E-state index >= 15 is 8.78 Å². The number of halogens is 2. The number of rotatable bonds is 10. The molecule has 5 rings (SSSR count). The molecule has 0 spiro atoms. The lowest BCUT2D eigenvalue weighted by Crippen LogP contribution is -2.43. The largest absolute Gasteiger partial charge is 0.468 e. The summed E-state index contributed by atoms with van der Waals surface area (Å²) in [5, 5.41) is 12.0. The fourth-order valence-electron chi connectivity index (χ4n) is 7.75. The van der Waals surface area contributed by atoms with Crippen molar-refractivity contribution in [2.75, 3.05) is 44.8 Å². The van der Waals surface area contributed by atoms with E-state index in [1.165, 1.54) is 24.9 Å². The highest BCUT2D eigenvalue weighted by Gasteiger charge is 2.42. The average Bonchev–Trinajstić information content (AvgIpc) is 3.08. The van der Waals surface area contributed by atoms with Crippen molar-refractivity contribution in [1.82, 2.24) is 15.0 Å². The van der Waals surface area contributed by atoms with E-state index < -0.39 is 19.7 Å². The van der Waals surface area contributed by atoms with Crippen LogP contribution < -0.4 is 9.64 Å². The molecule has 11 heteroatoms. The number of pyridine rings is 1. The number of aryl methyl sites for hydroxylation is 1. The van der Waals surface area contributed by atoms with Crippen LogP contribution in [0.3, 0.4) is 0 Å². The minimum absolute atomic E-state index is 0.0188. The van der Waals surface area contributed by atoms with Crippen molar-refractivity contribution in [2.45, 2.75) is 83.1 Å². The third-order valence-corrected chi connectivity index (χ3v) is 16.9. The second kappa shape index (κ2) is 15.3. The molecule has 0 bridgehead atoms. The van der Waals surface area contributed by atoms with E-state index in [9.17, 15) is 5.11 Å². The van der Waals surface area contributed by atoms with Gasteiger partial charge in [0.15, 0.2) is 17.8 Å². The molecule has 1 N–H and O–H groups in total. The zero-order valence-corrected chi connectivity index (χ0v) is 31.9. The molecule has 1 unspecified atom stereocenters. The predicted octanol–water partition coefficient (Wildman–Crippen LogP) is 8.91. The van der Waals surface area contributed by atoms with Crippen LogP contribution in [0.25, 0.3) is 32.9 Å². The maximum atomic E-state index is 17.2. The molecule has 0 saturated carbocycles. The van der Waals surface area contributed by atoms with E-state index in [2.05, 4.69) is 62.9 Å². The molecular formula is C38H48F2N4O3SSi. The zero-order chi connectivity index (χ0) is 35.6. The monoisotopic (exact) mass is 706 g/mol. The van der Waals surface area contributed by atoms with E-state index in [1.54, 1.807) is 18.2 Å². The van der Waals surface area contributed by atoms with Crippen LogP contribution in [0.5, 0.6) is 5.75 Å². The second-order valence-corrected chi connectivity index (χ2v) is 20.3. The summed E-state index contributed by atoms with van der Waals surface area (Å²) in [4.78, 5) is 16.5. The highest BCUT2D eigenvalue weighted by atomic mass is 32.2. The molecule has 1 aliphatic heterocycles. The van der Waals surface area contributed by atoms with Crippen molar-refractivity contribution in [1.29, 1.82) is 0 Å². The summed E-state index contributed by atoms with van der Waals surface area (Å²) >= 11 is 1.34. The summed E-state index contributed by atoms with van der Waals surface area (Å²) in [7, 11) is -0.715. The standard InChI is InChI=1S/C38H48F2N4O3SSi/c1-22(2)49(23(3)4,24(5)6)16-14-29-31(39)13-12-27-17-28(47-21-46-8)18-30(33(27)29)35-34(40)36-32(25(7)41-35)37(43-38(42-36)48-9)44-15-10-11-26(19-44)20-45/h12-13,17-18,22-24,26,45H,10-11,15,19-21H2,1-9H3. The van der Waals surface area contributed by atoms with Gasteiger partial charge in [-0.3, -0.25) is 0 Å². The number of thioether (sulfide) groups is 1. The fourth-order valence-corrected chi connectivity index (χ4v) is 13.3. The Morgan fingerprint density at radius 2 is 1.76 bits per heavy atom. The number of piperidine rings is 1. The van der Waals surface area contributed by atoms with Crippen LogP contribution in [0.15, 0.2) is 29.4 Å². The summed E-state index contributed by atoms with van der Waals surface area (Å²) in [5.41, 5.74) is 6.03. The Hall–Kier alpha value is -3.30. The first kappa shape index (κ1) is 37.0. The molecule has 4 aromatic rings. The smallest absolute Gasteiger partial charge is 0.189 e. The number of fused-ring (bicyclic) bond motifs is 2. The number of hydrogen-bond acceptors (Lipinski definition) is 8. The lowest BCUT2D eigenvalue weighted by atomic mass is 9.95. The van der Waals surface area contributed by atoms with Gasteiger partial charge < -0.3 is 19.5 Å². The molecule has 2 aromatic carbocycles. The molecule has 0 amide bonds. The van der Waals surface area contributed by atoms with Gasteiger partial charge >= 0.3 is 0 Å². The summed E-state index contributed by atoms with van der Waals surface area (Å²) in [6, 6.07) is 6.57. The lowest BCUT2D eigenvalue weighted by molar-refractivity contribution is 0.0512. The van der Waals surface area contributed by atoms with Gasteiger partial charge in [0.2, 0.25) is 0 Å². The van der Waals surface area contributed by atoms with Gasteiger partial charge in [0, 0.05) is 37.8 Å². The second-order valence-electron chi connectivity index (χ2n) is 13.9. The van der Waals surface area contributed by atoms with Crippen molar-refractivity contribution in [3.05, 3.63) is 47.2 Å². The minimum atomic E-state index is -2.24. The number of methoxy groups -OCH3 is 1. The maximum absolute atomic E-state index is 17.2. The number of aliphatic hydroxyl groups is 1. The first-order chi connectivity index (χ1) is 23.4. The Bertz CT molecular complexity index is 1890. The van der Waals surface area contributed by atoms with Gasteiger partial charge in [-0.1, -0.05) is 65.3 Å². The van der Waals surface area contributed by atoms with E-state index in [0.29, 0.717) is 67.3 Å². The Labute approximate surface area is 294 Å². The minimum Gasteiger partial charge on any atom is -0.468 e. The van der Waals surface area contributed by atoms with Crippen LogP contribution in [0.1, 0.15) is 65.6 Å². The van der Waals surface area contributed by atoms with Crippen LogP contribution in [-0.4, -0.2) is 68.0 Å². The number of benzene rings is 2. The van der Waals surface area contributed by atoms with Crippen molar-refractivity contribution < 1.29 is 23.4 Å². The van der Waals surface area contributed by atoms with Crippen LogP contribution in [-0.2, 0) is 4.74 Å². The van der Waals surface area contributed by atoms with E-state index in [4.69, 9.17) is 19.4 Å². The van der Waals surface area contributed by atoms with Crippen LogP contribution in [0.4, 0.5) is 14.6 Å². The average molecular weight is 707 g/mol. The molecule has 2 aromatic heterocycles. The highest BCUT2D eigenvalue weighted by molar-refractivity contribution is 7.98. The summed E-state index contributed by atoms with van der Waals surface area (Å²) < 4.78 is 44.3. The topological polar surface area (TPSA) is 80.6 Å². The first-order valence-electron chi connectivity index (χ1n) is 17.1. The number of anilines is 1. The molecule has 0 radical (unpaired) electrons. The predicted molar refractivity (Wildman–Crippen MR) is 199 cm³/mol. The normalized spacial score (nSPS) is 15.5. The molecule has 3 heterocycles. The molecule has 0 aliphatic carbocycles. The van der Waals surface area contributed by atoms with Gasteiger partial charge in [0.25, 0.3) is 0 Å². The van der Waals surface area contributed by atoms with Crippen molar-refractivity contribution in [3.8, 4) is 28.5 Å². The fraction of sp³-hybridized carbons (Fsp3) is 0.500. The van der Waals surface area contributed by atoms with Gasteiger partial charge in [-0.05, 0) is 72.1 Å². The Balaban J connectivity index is 1.84. The maximum Gasteiger partial charge on any atom is 0.189 e. The van der Waals surface area contributed by atoms with Gasteiger partial charge in [-0.15, -0.1) is 5.54 Å². The van der Waals surface area contributed by atoms with E-state index in [1.807, 2.05) is 13.2 Å². The number of aromatic nitrogens is 3. The number of aliphatic hydroxyl groups excluding tert-OH is 1. The van der Waals surface area contributed by atoms with Gasteiger partial charge in [-0.25, -0.2) is 23.7 Å². The van der Waals surface area contributed by atoms with Gasteiger partial charge in [-0.2, -0.15) is 0 Å². The Morgan fingerprint density at radius 1 is 1.04 bits per heavy atom. The molecule has 1 fully saturated rings. The molecule has 49 heavy (non-hydrogen) atoms. The van der Waals surface area contributed by atoms with Crippen LogP contribution in [0, 0.1) is 35.9 Å². The Kier molecular flexibility index (Phi) is 11.5. The summed E-state index contributed by atoms with van der Waals surface area (Å²) in [6.45, 7) is 16.5. The first-order valence-corrected chi connectivity index (χ1v) is 20.5. The molecule has 1 aliphatic rings. The zero-order valence-electron chi connectivity index (χ0n) is 30.1. The van der Waals surface area contributed by atoms with Crippen LogP contribution >= 0.6 is 11.8 Å². The molecule has 1 atom stereocenters. The van der Waals surface area contributed by atoms with E-state index in [-0.39, 0.29) is 36.1 Å². The molecule has 1 saturated heterocycles. The lowest BCUT2D eigenvalue weighted by Gasteiger charge is -2.38. The Morgan fingerprint density at radius 3 is 2.39 bits per heavy atom. The summed E-state index contributed by atoms with van der Waals surface area (Å²) in [6.07, 6.45) is 3.67. The number of nitrogens with zero attached hydrogens (tertiary/aromatic N) is 4. The number of hydrogen-bond donors (Lipinski definition) is 1. The SMILES string of the molecule is COCOc1cc(-c2nc(C)c3c(N4CCCC(CO)C4)nc(SC)nc3c2F)c2c(C#C[Si](C(C)C)(C(C)C)C(C)C)c(F)ccc2c1. The molecular weight excluding hydrogens is 659 g/mol. The van der Waals surface area contributed by atoms with Crippen molar-refractivity contribution >= 4 is 47.3 Å². The third-order valence-electron chi connectivity index (χ3n) is 10.1. The van der Waals surface area contributed by atoms with Gasteiger partial charge in [0.05, 0.1) is 16.6 Å². The van der Waals surface area contributed by atoms with Gasteiger partial charge in [0.1, 0.15) is 36.7 Å². The highest BCUT2D eigenvalue weighted by Crippen LogP contribution is 2.43. The number of ether oxygens (including phenoxy) is 2. The van der Waals surface area contributed by atoms with E-state index in [0.717, 1.165) is 19.4 Å². The third kappa shape index (κ3) is 7.03. The van der Waals surface area contributed by atoms with Crippen LogP contribution in [0.2, 0.25) is 16.6 Å².